The van der Waals surface area contributed by atoms with Gasteiger partial charge in [-0.3, -0.25) is 4.79 Å². The van der Waals surface area contributed by atoms with E-state index in [9.17, 15) is 13.2 Å². The van der Waals surface area contributed by atoms with Crippen molar-refractivity contribution in [2.75, 3.05) is 45.3 Å². The van der Waals surface area contributed by atoms with Gasteiger partial charge < -0.3 is 14.4 Å². The van der Waals surface area contributed by atoms with Gasteiger partial charge in [0, 0.05) is 39.6 Å². The van der Waals surface area contributed by atoms with E-state index >= 15 is 0 Å². The van der Waals surface area contributed by atoms with E-state index < -0.39 is 10.0 Å². The van der Waals surface area contributed by atoms with Crippen LogP contribution in [0.15, 0.2) is 47.6 Å². The molecule has 0 radical (unpaired) electrons. The Morgan fingerprint density at radius 1 is 1.10 bits per heavy atom. The van der Waals surface area contributed by atoms with Crippen molar-refractivity contribution in [3.8, 4) is 5.75 Å². The number of benzene rings is 1. The van der Waals surface area contributed by atoms with Gasteiger partial charge >= 0.3 is 5.97 Å². The van der Waals surface area contributed by atoms with Gasteiger partial charge in [0.25, 0.3) is 0 Å². The van der Waals surface area contributed by atoms with Gasteiger partial charge in [-0.05, 0) is 43.2 Å². The van der Waals surface area contributed by atoms with Gasteiger partial charge in [-0.25, -0.2) is 22.7 Å². The molecule has 0 unspecified atom stereocenters. The van der Waals surface area contributed by atoms with E-state index in [2.05, 4.69) is 14.9 Å². The fourth-order valence-electron chi connectivity index (χ4n) is 3.11. The fraction of sp³-hybridized carbons (Fsp3) is 0.450. The van der Waals surface area contributed by atoms with Crippen LogP contribution in [0.5, 0.6) is 5.75 Å². The lowest BCUT2D eigenvalue weighted by Crippen LogP contribution is -2.38. The molecule has 0 bridgehead atoms. The summed E-state index contributed by atoms with van der Waals surface area (Å²) in [5, 5.41) is 0. The maximum atomic E-state index is 12.3. The molecule has 0 aliphatic carbocycles. The van der Waals surface area contributed by atoms with Crippen LogP contribution in [-0.2, 0) is 19.6 Å². The molecule has 10 heteroatoms. The molecule has 2 heterocycles. The Morgan fingerprint density at radius 3 is 2.33 bits per heavy atom. The van der Waals surface area contributed by atoms with E-state index in [1.54, 1.807) is 30.6 Å². The lowest BCUT2D eigenvalue weighted by Gasteiger charge is -2.30. The number of anilines is 1. The Bertz CT molecular complexity index is 927. The van der Waals surface area contributed by atoms with Crippen molar-refractivity contribution in [3.05, 3.63) is 42.7 Å². The Morgan fingerprint density at radius 2 is 1.73 bits per heavy atom. The first kappa shape index (κ1) is 22.0. The lowest BCUT2D eigenvalue weighted by atomic mass is 9.97. The summed E-state index contributed by atoms with van der Waals surface area (Å²) in [5.41, 5.74) is 0. The summed E-state index contributed by atoms with van der Waals surface area (Å²) in [6, 6.07) is 7.91. The number of nitrogens with zero attached hydrogens (tertiary/aromatic N) is 4. The number of aromatic nitrogens is 2. The van der Waals surface area contributed by atoms with Crippen LogP contribution in [0.1, 0.15) is 12.8 Å². The molecule has 0 atom stereocenters. The van der Waals surface area contributed by atoms with Crippen LogP contribution in [0.2, 0.25) is 0 Å². The Labute approximate surface area is 176 Å². The average Bonchev–Trinajstić information content (AvgIpc) is 2.77. The average molecular weight is 435 g/mol. The molecule has 1 fully saturated rings. The van der Waals surface area contributed by atoms with Crippen LogP contribution in [0, 0.1) is 5.92 Å². The molecule has 1 aromatic carbocycles. The van der Waals surface area contributed by atoms with Gasteiger partial charge in [0.1, 0.15) is 19.0 Å². The summed E-state index contributed by atoms with van der Waals surface area (Å²) in [7, 11) is -0.508. The van der Waals surface area contributed by atoms with Gasteiger partial charge in [0.2, 0.25) is 16.0 Å². The Balaban J connectivity index is 1.38. The van der Waals surface area contributed by atoms with Crippen molar-refractivity contribution in [3.63, 3.8) is 0 Å². The third kappa shape index (κ3) is 5.45. The quantitative estimate of drug-likeness (QED) is 0.456. The monoisotopic (exact) mass is 434 g/mol. The van der Waals surface area contributed by atoms with Gasteiger partial charge in [-0.2, -0.15) is 0 Å². The van der Waals surface area contributed by atoms with E-state index in [0.717, 1.165) is 4.31 Å². The molecule has 3 rings (SSSR count). The normalized spacial score (nSPS) is 15.2. The van der Waals surface area contributed by atoms with Crippen LogP contribution in [-0.4, -0.2) is 69.1 Å². The van der Waals surface area contributed by atoms with Gasteiger partial charge in [-0.15, -0.1) is 0 Å². The number of piperidine rings is 1. The van der Waals surface area contributed by atoms with Crippen molar-refractivity contribution < 1.29 is 22.7 Å². The molecule has 1 saturated heterocycles. The highest BCUT2D eigenvalue weighted by Gasteiger charge is 2.27. The van der Waals surface area contributed by atoms with Gasteiger partial charge in [0.05, 0.1) is 10.8 Å². The second-order valence-electron chi connectivity index (χ2n) is 7.08. The summed E-state index contributed by atoms with van der Waals surface area (Å²) in [5.74, 6) is 0.835. The van der Waals surface area contributed by atoms with Crippen molar-refractivity contribution in [2.45, 2.75) is 17.7 Å². The third-order valence-corrected chi connectivity index (χ3v) is 6.69. The Hall–Kier alpha value is -2.72. The second kappa shape index (κ2) is 9.86. The summed E-state index contributed by atoms with van der Waals surface area (Å²) in [4.78, 5) is 23.0. The van der Waals surface area contributed by atoms with Gasteiger partial charge in [-0.1, -0.05) is 0 Å². The molecule has 0 amide bonds. The first-order chi connectivity index (χ1) is 14.4. The molecule has 30 heavy (non-hydrogen) atoms. The molecule has 162 valence electrons. The number of hydrogen-bond acceptors (Lipinski definition) is 8. The van der Waals surface area contributed by atoms with E-state index in [1.807, 2.05) is 0 Å². The number of rotatable bonds is 8. The van der Waals surface area contributed by atoms with E-state index in [1.165, 1.54) is 26.2 Å². The largest absolute Gasteiger partial charge is 0.490 e. The Kier molecular flexibility index (Phi) is 7.22. The third-order valence-electron chi connectivity index (χ3n) is 4.86. The highest BCUT2D eigenvalue weighted by molar-refractivity contribution is 7.89. The van der Waals surface area contributed by atoms with Crippen molar-refractivity contribution in [2.24, 2.45) is 5.92 Å². The standard InChI is InChI=1S/C20H26N4O5S/c1-23(2)30(26,27)18-6-4-17(5-7-18)28-14-15-29-19(25)16-8-12-24(13-9-16)20-21-10-3-11-22-20/h3-7,10-11,16H,8-9,12-15H2,1-2H3. The molecule has 1 aliphatic heterocycles. The van der Waals surface area contributed by atoms with E-state index in [4.69, 9.17) is 9.47 Å². The summed E-state index contributed by atoms with van der Waals surface area (Å²) in [6.45, 7) is 1.76. The number of carbonyl (C=O) groups excluding carboxylic acids is 1. The molecule has 1 aromatic heterocycles. The van der Waals surface area contributed by atoms with Crippen molar-refractivity contribution in [1.29, 1.82) is 0 Å². The first-order valence-corrected chi connectivity index (χ1v) is 11.2. The second-order valence-corrected chi connectivity index (χ2v) is 9.24. The van der Waals surface area contributed by atoms with Crippen LogP contribution in [0.4, 0.5) is 5.95 Å². The van der Waals surface area contributed by atoms with Crippen LogP contribution < -0.4 is 9.64 Å². The van der Waals surface area contributed by atoms with Gasteiger partial charge in [0.15, 0.2) is 0 Å². The zero-order valence-corrected chi connectivity index (χ0v) is 17.9. The summed E-state index contributed by atoms with van der Waals surface area (Å²) in [6.07, 6.45) is 4.80. The minimum Gasteiger partial charge on any atom is -0.490 e. The van der Waals surface area contributed by atoms with E-state index in [0.29, 0.717) is 37.6 Å². The molecule has 0 N–H and O–H groups in total. The molecule has 9 nitrogen and oxygen atoms in total. The van der Waals surface area contributed by atoms with Crippen LogP contribution in [0.25, 0.3) is 0 Å². The van der Waals surface area contributed by atoms with Crippen molar-refractivity contribution in [1.82, 2.24) is 14.3 Å². The SMILES string of the molecule is CN(C)S(=O)(=O)c1ccc(OCCOC(=O)C2CCN(c3ncccn3)CC2)cc1. The number of hydrogen-bond donors (Lipinski definition) is 0. The topological polar surface area (TPSA) is 102 Å². The number of ether oxygens (including phenoxy) is 2. The van der Waals surface area contributed by atoms with Crippen molar-refractivity contribution >= 4 is 21.9 Å². The van der Waals surface area contributed by atoms with E-state index in [-0.39, 0.29) is 30.0 Å². The zero-order chi connectivity index (χ0) is 21.6. The molecular formula is C20H26N4O5S. The summed E-state index contributed by atoms with van der Waals surface area (Å²) < 4.78 is 36.1. The minimum atomic E-state index is -3.47. The van der Waals surface area contributed by atoms with Crippen LogP contribution >= 0.6 is 0 Å². The highest BCUT2D eigenvalue weighted by Crippen LogP contribution is 2.21. The predicted octanol–water partition coefficient (Wildman–Crippen LogP) is 1.57. The summed E-state index contributed by atoms with van der Waals surface area (Å²) >= 11 is 0. The maximum Gasteiger partial charge on any atom is 0.309 e. The zero-order valence-electron chi connectivity index (χ0n) is 17.1. The maximum absolute atomic E-state index is 12.3. The smallest absolute Gasteiger partial charge is 0.309 e. The minimum absolute atomic E-state index is 0.137. The fourth-order valence-corrected chi connectivity index (χ4v) is 4.01. The van der Waals surface area contributed by atoms with Crippen LogP contribution in [0.3, 0.4) is 0 Å². The number of esters is 1. The predicted molar refractivity (Wildman–Crippen MR) is 111 cm³/mol. The molecule has 2 aromatic rings. The molecule has 0 saturated carbocycles. The molecule has 1 aliphatic rings. The lowest BCUT2D eigenvalue weighted by molar-refractivity contribution is -0.150. The first-order valence-electron chi connectivity index (χ1n) is 9.72. The molecule has 0 spiro atoms. The highest BCUT2D eigenvalue weighted by atomic mass is 32.2. The number of carbonyl (C=O) groups is 1. The molecular weight excluding hydrogens is 408 g/mol. The number of sulfonamides is 1.